The normalized spacial score (nSPS) is 19.1. The number of urea groups is 1. The predicted molar refractivity (Wildman–Crippen MR) is 102 cm³/mol. The Morgan fingerprint density at radius 3 is 2.11 bits per heavy atom. The summed E-state index contributed by atoms with van der Waals surface area (Å²) in [5.41, 5.74) is -0.750. The second kappa shape index (κ2) is 8.33. The molecule has 0 unspecified atom stereocenters. The lowest BCUT2D eigenvalue weighted by atomic mass is 9.70. The maximum absolute atomic E-state index is 13.7. The van der Waals surface area contributed by atoms with Crippen LogP contribution in [0.2, 0.25) is 0 Å². The van der Waals surface area contributed by atoms with Crippen molar-refractivity contribution in [2.45, 2.75) is 11.8 Å². The number of allylic oxidation sites excluding steroid dienone is 5. The van der Waals surface area contributed by atoms with Gasteiger partial charge in [0.05, 0.1) is 0 Å². The third-order valence-electron chi connectivity index (χ3n) is 4.73. The molecule has 1 aliphatic carbocycles. The molecule has 1 aromatic carbocycles. The number of ether oxygens (including phenoxy) is 2. The van der Waals surface area contributed by atoms with Gasteiger partial charge in [-0.05, 0) is 17.6 Å². The molecular weight excluding hydrogens is 360 g/mol. The first-order valence-electron chi connectivity index (χ1n) is 8.84. The van der Waals surface area contributed by atoms with Gasteiger partial charge in [-0.15, -0.1) is 0 Å². The minimum atomic E-state index is -1.71. The Kier molecular flexibility index (Phi) is 5.87. The number of hydrogen-bond donors (Lipinski definition) is 0. The van der Waals surface area contributed by atoms with E-state index >= 15 is 0 Å². The summed E-state index contributed by atoms with van der Waals surface area (Å²) >= 11 is 0. The summed E-state index contributed by atoms with van der Waals surface area (Å²) in [6, 6.07) is 7.98. The van der Waals surface area contributed by atoms with Crippen LogP contribution in [-0.2, 0) is 24.5 Å². The molecule has 7 nitrogen and oxygen atoms in total. The molecule has 1 aliphatic heterocycles. The van der Waals surface area contributed by atoms with E-state index in [1.807, 2.05) is 12.2 Å². The van der Waals surface area contributed by atoms with E-state index in [0.29, 0.717) is 17.6 Å². The van der Waals surface area contributed by atoms with E-state index in [1.54, 1.807) is 48.6 Å². The third-order valence-corrected chi connectivity index (χ3v) is 4.73. The zero-order valence-corrected chi connectivity index (χ0v) is 15.8. The highest BCUT2D eigenvalue weighted by Gasteiger charge is 2.60. The van der Waals surface area contributed by atoms with Crippen LogP contribution in [0.25, 0.3) is 0 Å². The largest absolute Gasteiger partial charge is 0.364 e. The number of barbiturate groups is 1. The Bertz CT molecular complexity index is 829. The highest BCUT2D eigenvalue weighted by atomic mass is 16.5. The topological polar surface area (TPSA) is 76.2 Å². The molecule has 28 heavy (non-hydrogen) atoms. The van der Waals surface area contributed by atoms with Gasteiger partial charge in [0.1, 0.15) is 13.5 Å². The van der Waals surface area contributed by atoms with E-state index in [4.69, 9.17) is 9.47 Å². The molecule has 0 saturated carbocycles. The summed E-state index contributed by atoms with van der Waals surface area (Å²) in [5.74, 6) is -1.29. The molecule has 2 aliphatic rings. The van der Waals surface area contributed by atoms with Crippen molar-refractivity contribution < 1.29 is 23.9 Å². The Hall–Kier alpha value is -3.03. The maximum Gasteiger partial charge on any atom is 0.337 e. The van der Waals surface area contributed by atoms with Crippen molar-refractivity contribution in [3.63, 3.8) is 0 Å². The van der Waals surface area contributed by atoms with Crippen molar-refractivity contribution in [3.05, 3.63) is 71.8 Å². The predicted octanol–water partition coefficient (Wildman–Crippen LogP) is 2.37. The Labute approximate surface area is 163 Å². The molecule has 0 aromatic heterocycles. The van der Waals surface area contributed by atoms with Crippen molar-refractivity contribution in [2.75, 3.05) is 27.7 Å². The van der Waals surface area contributed by atoms with Crippen molar-refractivity contribution in [3.8, 4) is 0 Å². The molecule has 0 atom stereocenters. The summed E-state index contributed by atoms with van der Waals surface area (Å²) in [6.45, 7) is -0.543. The molecule has 7 heteroatoms. The minimum Gasteiger partial charge on any atom is -0.364 e. The summed E-state index contributed by atoms with van der Waals surface area (Å²) in [6.07, 6.45) is 9.77. The van der Waals surface area contributed by atoms with E-state index in [0.717, 1.165) is 9.80 Å². The highest BCUT2D eigenvalue weighted by molar-refractivity contribution is 6.25. The van der Waals surface area contributed by atoms with Gasteiger partial charge in [0.15, 0.2) is 5.41 Å². The van der Waals surface area contributed by atoms with Gasteiger partial charge in [-0.3, -0.25) is 9.59 Å². The Morgan fingerprint density at radius 2 is 1.54 bits per heavy atom. The van der Waals surface area contributed by atoms with E-state index < -0.39 is 23.3 Å². The van der Waals surface area contributed by atoms with Gasteiger partial charge in [-0.25, -0.2) is 14.6 Å². The minimum absolute atomic E-state index is 0.271. The van der Waals surface area contributed by atoms with Crippen molar-refractivity contribution >= 4 is 17.8 Å². The molecule has 0 N–H and O–H groups in total. The van der Waals surface area contributed by atoms with Gasteiger partial charge < -0.3 is 9.47 Å². The summed E-state index contributed by atoms with van der Waals surface area (Å²) in [7, 11) is 2.77. The van der Waals surface area contributed by atoms with Gasteiger partial charge in [-0.2, -0.15) is 0 Å². The lowest BCUT2D eigenvalue weighted by molar-refractivity contribution is -0.155. The van der Waals surface area contributed by atoms with Crippen LogP contribution in [0.4, 0.5) is 4.79 Å². The summed E-state index contributed by atoms with van der Waals surface area (Å²) in [4.78, 5) is 42.0. The Balaban J connectivity index is 2.30. The lowest BCUT2D eigenvalue weighted by Gasteiger charge is -2.44. The SMILES string of the molecule is COCN1C(=O)N(COC)C(=O)C(C2=CC=CCC=C2)(c2ccccc2)C1=O. The zero-order valence-electron chi connectivity index (χ0n) is 15.8. The smallest absolute Gasteiger partial charge is 0.337 e. The number of methoxy groups -OCH3 is 2. The van der Waals surface area contributed by atoms with E-state index in [-0.39, 0.29) is 13.5 Å². The maximum atomic E-state index is 13.7. The van der Waals surface area contributed by atoms with Crippen LogP contribution in [0.5, 0.6) is 0 Å². The second-order valence-electron chi connectivity index (χ2n) is 6.39. The van der Waals surface area contributed by atoms with Gasteiger partial charge >= 0.3 is 6.03 Å². The summed E-state index contributed by atoms with van der Waals surface area (Å²) < 4.78 is 10.2. The molecule has 1 heterocycles. The molecule has 3 rings (SSSR count). The lowest BCUT2D eigenvalue weighted by Crippen LogP contribution is -2.68. The van der Waals surface area contributed by atoms with Gasteiger partial charge in [0.2, 0.25) is 0 Å². The van der Waals surface area contributed by atoms with Crippen LogP contribution in [0.3, 0.4) is 0 Å². The van der Waals surface area contributed by atoms with Gasteiger partial charge in [-0.1, -0.05) is 60.7 Å². The number of hydrogen-bond acceptors (Lipinski definition) is 5. The molecule has 1 saturated heterocycles. The number of nitrogens with zero attached hydrogens (tertiary/aromatic N) is 2. The molecule has 1 aromatic rings. The second-order valence-corrected chi connectivity index (χ2v) is 6.39. The van der Waals surface area contributed by atoms with E-state index in [1.165, 1.54) is 14.2 Å². The van der Waals surface area contributed by atoms with Gasteiger partial charge in [0, 0.05) is 14.2 Å². The zero-order chi connectivity index (χ0) is 20.1. The molecule has 146 valence electrons. The summed E-state index contributed by atoms with van der Waals surface area (Å²) in [5, 5.41) is 0. The van der Waals surface area contributed by atoms with Crippen LogP contribution >= 0.6 is 0 Å². The average molecular weight is 382 g/mol. The molecule has 0 spiro atoms. The fraction of sp³-hybridized carbons (Fsp3) is 0.286. The first kappa shape index (κ1) is 19.7. The van der Waals surface area contributed by atoms with Crippen LogP contribution in [0, 0.1) is 0 Å². The number of benzene rings is 1. The number of amides is 4. The van der Waals surface area contributed by atoms with Crippen molar-refractivity contribution in [1.29, 1.82) is 0 Å². The monoisotopic (exact) mass is 382 g/mol. The van der Waals surface area contributed by atoms with Crippen LogP contribution in [0.15, 0.2) is 66.3 Å². The quantitative estimate of drug-likeness (QED) is 0.706. The fourth-order valence-corrected chi connectivity index (χ4v) is 3.48. The molecule has 0 bridgehead atoms. The number of rotatable bonds is 6. The Morgan fingerprint density at radius 1 is 0.929 bits per heavy atom. The molecule has 4 amide bonds. The molecule has 0 radical (unpaired) electrons. The number of carbonyl (C=O) groups is 3. The van der Waals surface area contributed by atoms with Crippen LogP contribution in [0.1, 0.15) is 12.0 Å². The van der Waals surface area contributed by atoms with Crippen LogP contribution in [-0.4, -0.2) is 55.3 Å². The van der Waals surface area contributed by atoms with Crippen molar-refractivity contribution in [1.82, 2.24) is 9.80 Å². The highest BCUT2D eigenvalue weighted by Crippen LogP contribution is 2.41. The number of imide groups is 2. The third kappa shape index (κ3) is 3.08. The van der Waals surface area contributed by atoms with E-state index in [2.05, 4.69) is 0 Å². The fourth-order valence-electron chi connectivity index (χ4n) is 3.48. The molecular formula is C21H22N2O5. The van der Waals surface area contributed by atoms with Gasteiger partial charge in [0.25, 0.3) is 11.8 Å². The number of carbonyl (C=O) groups excluding carboxylic acids is 3. The van der Waals surface area contributed by atoms with E-state index in [9.17, 15) is 14.4 Å². The first-order valence-corrected chi connectivity index (χ1v) is 8.84. The van der Waals surface area contributed by atoms with Crippen LogP contribution < -0.4 is 0 Å². The first-order chi connectivity index (χ1) is 13.6. The average Bonchev–Trinajstić information content (AvgIpc) is 3.00. The molecule has 1 fully saturated rings. The van der Waals surface area contributed by atoms with Crippen molar-refractivity contribution in [2.24, 2.45) is 0 Å². The standard InChI is InChI=1S/C21H22N2O5/c1-27-14-22-18(24)21(17-12-8-5-9-13-17,16-10-6-3-4-7-11-16)19(25)23(15-28-2)20(22)26/h3,5-13H,4,14-15H2,1-2H3.